The topological polar surface area (TPSA) is 4.93 Å². The molecule has 7 aromatic rings. The van der Waals surface area contributed by atoms with Gasteiger partial charge in [-0.15, -0.1) is 0 Å². The molecule has 0 spiro atoms. The van der Waals surface area contributed by atoms with Crippen molar-refractivity contribution in [2.24, 2.45) is 0 Å². The van der Waals surface area contributed by atoms with Crippen molar-refractivity contribution in [3.8, 4) is 27.9 Å². The van der Waals surface area contributed by atoms with Crippen LogP contribution in [0.5, 0.6) is 0 Å². The van der Waals surface area contributed by atoms with Gasteiger partial charge in [-0.1, -0.05) is 0 Å². The van der Waals surface area contributed by atoms with Crippen LogP contribution in [0.2, 0.25) is 0 Å². The van der Waals surface area contributed by atoms with Crippen molar-refractivity contribution in [1.29, 1.82) is 0 Å². The van der Waals surface area contributed by atoms with Crippen LogP contribution in [0.25, 0.3) is 49.7 Å². The number of hydrogen-bond donors (Lipinski definition) is 0. The van der Waals surface area contributed by atoms with Gasteiger partial charge < -0.3 is 0 Å². The van der Waals surface area contributed by atoms with Crippen molar-refractivity contribution in [2.75, 3.05) is 0 Å². The summed E-state index contributed by atoms with van der Waals surface area (Å²) < 4.78 is 139. The number of hydrogen-bond acceptors (Lipinski definition) is 0. The van der Waals surface area contributed by atoms with E-state index in [2.05, 4.69) is 15.9 Å². The summed E-state index contributed by atoms with van der Waals surface area (Å²) in [5, 5.41) is -0.0177. The molecule has 0 saturated carbocycles. The molecule has 0 aliphatic carbocycles. The van der Waals surface area contributed by atoms with Crippen LogP contribution in [0.4, 0.5) is 0 Å². The number of para-hydroxylation sites is 1. The summed E-state index contributed by atoms with van der Waals surface area (Å²) in [6, 6.07) is 5.66. The van der Waals surface area contributed by atoms with E-state index in [0.29, 0.717) is 11.3 Å². The SMILES string of the molecule is [2H]c1cc2c(c([2H])c1[2H])c1c([2H])c(-c3c([2H])c([2H])c([2H])c([2H])c3[2H])c([2H])c([2H])c1n2-c1ccc(Br)c([Se]c2ccc(-c3c([2H])c([2H])c([2H])c([2H])c3[2H])cc2)c1. The Labute approximate surface area is 265 Å². The Hall–Kier alpha value is -3.88. The number of benzene rings is 6. The van der Waals surface area contributed by atoms with Gasteiger partial charge in [0.1, 0.15) is 0 Å². The van der Waals surface area contributed by atoms with Gasteiger partial charge in [-0.2, -0.15) is 0 Å². The third-order valence-corrected chi connectivity index (χ3v) is 9.54. The molecule has 1 aromatic heterocycles. The number of rotatable bonds is 5. The van der Waals surface area contributed by atoms with Crippen molar-refractivity contribution in [3.63, 3.8) is 0 Å². The van der Waals surface area contributed by atoms with Crippen LogP contribution in [0.1, 0.15) is 21.9 Å². The zero-order valence-electron chi connectivity index (χ0n) is 35.9. The van der Waals surface area contributed by atoms with Gasteiger partial charge in [0.15, 0.2) is 0 Å². The maximum atomic E-state index is 9.34. The van der Waals surface area contributed by atoms with E-state index in [4.69, 9.17) is 19.2 Å². The average Bonchev–Trinajstić information content (AvgIpc) is 3.51. The van der Waals surface area contributed by atoms with Crippen LogP contribution >= 0.6 is 15.9 Å². The summed E-state index contributed by atoms with van der Waals surface area (Å²) in [5.74, 6) is 0. The van der Waals surface area contributed by atoms with Gasteiger partial charge in [-0.3, -0.25) is 0 Å². The molecule has 0 bridgehead atoms. The maximum absolute atomic E-state index is 9.34. The van der Waals surface area contributed by atoms with Crippen molar-refractivity contribution in [2.45, 2.75) is 0 Å². The molecule has 0 aliphatic rings. The van der Waals surface area contributed by atoms with E-state index in [-0.39, 0.29) is 51.1 Å². The Balaban J connectivity index is 1.43. The zero-order valence-corrected chi connectivity index (χ0v) is 23.2. The third-order valence-electron chi connectivity index (χ3n) is 6.03. The van der Waals surface area contributed by atoms with E-state index < -0.39 is 99.1 Å². The fourth-order valence-corrected chi connectivity index (χ4v) is 6.76. The first-order valence-electron chi connectivity index (χ1n) is 19.7. The fourth-order valence-electron chi connectivity index (χ4n) is 4.26. The van der Waals surface area contributed by atoms with Crippen molar-refractivity contribution >= 4 is 61.6 Å². The quantitative estimate of drug-likeness (QED) is 0.166. The Kier molecular flexibility index (Phi) is 3.33. The van der Waals surface area contributed by atoms with Crippen LogP contribution < -0.4 is 8.92 Å². The predicted octanol–water partition coefficient (Wildman–Crippen LogP) is 8.54. The van der Waals surface area contributed by atoms with E-state index >= 15 is 0 Å². The molecule has 0 unspecified atom stereocenters. The first-order valence-corrected chi connectivity index (χ1v) is 14.2. The Morgan fingerprint density at radius 2 is 1.26 bits per heavy atom. The Morgan fingerprint density at radius 1 is 0.564 bits per heavy atom. The molecule has 0 aliphatic heterocycles. The summed E-state index contributed by atoms with van der Waals surface area (Å²) >= 11 is 3.21. The molecule has 1 nitrogen and oxygen atoms in total. The second kappa shape index (κ2) is 10.4. The zero-order chi connectivity index (χ0) is 40.1. The van der Waals surface area contributed by atoms with Gasteiger partial charge in [0.2, 0.25) is 0 Å². The molecule has 0 radical (unpaired) electrons. The average molecular weight is 646 g/mol. The first kappa shape index (κ1) is 12.5. The van der Waals surface area contributed by atoms with Gasteiger partial charge in [0.05, 0.1) is 1.37 Å². The van der Waals surface area contributed by atoms with E-state index in [1.54, 1.807) is 36.4 Å². The summed E-state index contributed by atoms with van der Waals surface area (Å²) in [6.45, 7) is 0. The number of halogens is 1. The summed E-state index contributed by atoms with van der Waals surface area (Å²) in [5.41, 5.74) is 0.355. The molecule has 0 amide bonds. The second-order valence-electron chi connectivity index (χ2n) is 8.35. The first-order chi connectivity index (χ1) is 25.9. The molecule has 3 heteroatoms. The monoisotopic (exact) mass is 645 g/mol. The Morgan fingerprint density at radius 3 is 2.00 bits per heavy atom. The molecular formula is C36H24BrNSe. The molecule has 6 aromatic carbocycles. The number of fused-ring (bicyclic) bond motifs is 3. The van der Waals surface area contributed by atoms with Gasteiger partial charge in [-0.05, 0) is 0 Å². The van der Waals surface area contributed by atoms with Gasteiger partial charge in [-0.25, -0.2) is 0 Å². The number of nitrogens with zero attached hydrogens (tertiary/aromatic N) is 1. The molecule has 0 saturated heterocycles. The normalized spacial score (nSPS) is 17.1. The molecule has 7 rings (SSSR count). The summed E-state index contributed by atoms with van der Waals surface area (Å²) in [6.07, 6.45) is 0. The van der Waals surface area contributed by atoms with Gasteiger partial charge in [0, 0.05) is 0 Å². The van der Waals surface area contributed by atoms with E-state index in [9.17, 15) is 2.74 Å². The molecular weight excluding hydrogens is 605 g/mol. The van der Waals surface area contributed by atoms with Crippen molar-refractivity contribution in [3.05, 3.63) is 150 Å². The van der Waals surface area contributed by atoms with Gasteiger partial charge in [0.25, 0.3) is 0 Å². The molecule has 0 N–H and O–H groups in total. The van der Waals surface area contributed by atoms with Crippen molar-refractivity contribution in [1.82, 2.24) is 4.57 Å². The minimum atomic E-state index is -0.676. The Bertz CT molecular complexity index is 2760. The summed E-state index contributed by atoms with van der Waals surface area (Å²) in [7, 11) is 0. The second-order valence-corrected chi connectivity index (χ2v) is 11.5. The standard InChI is InChI=1S/C36H24BrNSe/c37-33-21-18-29(24-36(33)39-30-19-15-27(16-20-30)25-9-3-1-4-10-25)38-34-14-8-7-13-31(34)32-23-28(17-22-35(32)38)26-11-5-2-6-12-26/h1-24H/i1D,2D,3D,4D,5D,6D,7D,8D,9D,10D,11D,12D,13D,17D,22D,23D. The van der Waals surface area contributed by atoms with Crippen LogP contribution in [0, 0.1) is 0 Å². The minimum absolute atomic E-state index is 0.00311. The fraction of sp³-hybridized carbons (Fsp3) is 0. The number of aromatic nitrogens is 1. The molecule has 39 heavy (non-hydrogen) atoms. The predicted molar refractivity (Wildman–Crippen MR) is 171 cm³/mol. The molecule has 0 atom stereocenters. The van der Waals surface area contributed by atoms with Crippen LogP contribution in [-0.2, 0) is 0 Å². The van der Waals surface area contributed by atoms with Crippen LogP contribution in [-0.4, -0.2) is 19.5 Å². The van der Waals surface area contributed by atoms with Crippen LogP contribution in [0.3, 0.4) is 0 Å². The van der Waals surface area contributed by atoms with Crippen molar-refractivity contribution < 1.29 is 21.9 Å². The van der Waals surface area contributed by atoms with E-state index in [1.807, 2.05) is 6.07 Å². The molecule has 186 valence electrons. The van der Waals surface area contributed by atoms with Crippen LogP contribution in [0.15, 0.2) is 150 Å². The van der Waals surface area contributed by atoms with E-state index in [1.165, 1.54) is 10.6 Å². The molecule has 1 heterocycles. The third kappa shape index (κ3) is 4.64. The summed E-state index contributed by atoms with van der Waals surface area (Å²) in [4.78, 5) is 0. The van der Waals surface area contributed by atoms with E-state index in [0.717, 1.165) is 13.4 Å². The molecule has 0 fully saturated rings. The van der Waals surface area contributed by atoms with Gasteiger partial charge >= 0.3 is 264 Å².